The number of carbonyl (C=O) groups excluding carboxylic acids is 2. The summed E-state index contributed by atoms with van der Waals surface area (Å²) < 4.78 is 4.72. The molecule has 1 aliphatic rings. The van der Waals surface area contributed by atoms with Crippen LogP contribution < -0.4 is 5.32 Å². The number of ether oxygens (including phenoxy) is 1. The van der Waals surface area contributed by atoms with Gasteiger partial charge in [-0.3, -0.25) is 9.59 Å². The first-order chi connectivity index (χ1) is 10.1. The number of thioether (sulfide) groups is 1. The summed E-state index contributed by atoms with van der Waals surface area (Å²) in [5.74, 6) is 1.26. The highest BCUT2D eigenvalue weighted by Gasteiger charge is 2.44. The second-order valence-corrected chi connectivity index (χ2v) is 7.44. The zero-order valence-corrected chi connectivity index (χ0v) is 13.9. The van der Waals surface area contributed by atoms with Gasteiger partial charge in [0.15, 0.2) is 0 Å². The van der Waals surface area contributed by atoms with Gasteiger partial charge in [0, 0.05) is 11.4 Å². The molecular weight excluding hydrogens is 306 g/mol. The van der Waals surface area contributed by atoms with Gasteiger partial charge < -0.3 is 10.1 Å². The molecule has 0 saturated heterocycles. The lowest BCUT2D eigenvalue weighted by atomic mass is 10.1. The average molecular weight is 327 g/mol. The maximum Gasteiger partial charge on any atom is 0.306 e. The molecule has 1 heterocycles. The SMILES string of the molecule is COC(=O)CC1(CSCC(=O)NCCc2cccs2)CC1. The second kappa shape index (κ2) is 7.84. The van der Waals surface area contributed by atoms with Gasteiger partial charge in [-0.1, -0.05) is 6.07 Å². The lowest BCUT2D eigenvalue weighted by Gasteiger charge is -2.12. The Morgan fingerprint density at radius 1 is 1.48 bits per heavy atom. The van der Waals surface area contributed by atoms with E-state index in [2.05, 4.69) is 11.4 Å². The molecular formula is C15H21NO3S2. The number of thiophene rings is 1. The third kappa shape index (κ3) is 5.71. The molecule has 6 heteroatoms. The first-order valence-corrected chi connectivity index (χ1v) is 9.11. The van der Waals surface area contributed by atoms with Crippen molar-refractivity contribution in [2.45, 2.75) is 25.7 Å². The lowest BCUT2D eigenvalue weighted by Crippen LogP contribution is -2.27. The molecule has 0 radical (unpaired) electrons. The van der Waals surface area contributed by atoms with E-state index in [1.165, 1.54) is 12.0 Å². The van der Waals surface area contributed by atoms with Crippen molar-refractivity contribution in [3.8, 4) is 0 Å². The van der Waals surface area contributed by atoms with Crippen molar-refractivity contribution < 1.29 is 14.3 Å². The van der Waals surface area contributed by atoms with E-state index in [0.717, 1.165) is 25.0 Å². The van der Waals surface area contributed by atoms with Crippen LogP contribution in [-0.2, 0) is 20.7 Å². The van der Waals surface area contributed by atoms with Crippen molar-refractivity contribution in [1.82, 2.24) is 5.32 Å². The number of esters is 1. The Bertz CT molecular complexity index is 469. The van der Waals surface area contributed by atoms with Gasteiger partial charge in [-0.2, -0.15) is 11.8 Å². The molecule has 4 nitrogen and oxygen atoms in total. The summed E-state index contributed by atoms with van der Waals surface area (Å²) in [6, 6.07) is 4.10. The predicted molar refractivity (Wildman–Crippen MR) is 86.7 cm³/mol. The molecule has 1 aromatic rings. The van der Waals surface area contributed by atoms with E-state index >= 15 is 0 Å². The quantitative estimate of drug-likeness (QED) is 0.708. The average Bonchev–Trinajstić information content (AvgIpc) is 3.01. The molecule has 1 N–H and O–H groups in total. The van der Waals surface area contributed by atoms with Crippen molar-refractivity contribution in [2.24, 2.45) is 5.41 Å². The van der Waals surface area contributed by atoms with Crippen molar-refractivity contribution in [3.05, 3.63) is 22.4 Å². The standard InChI is InChI=1S/C15H21NO3S2/c1-19-14(18)9-15(5-6-15)11-20-10-13(17)16-7-4-12-3-2-8-21-12/h2-3,8H,4-7,9-11H2,1H3,(H,16,17). The molecule has 116 valence electrons. The Morgan fingerprint density at radius 3 is 2.90 bits per heavy atom. The van der Waals surface area contributed by atoms with Crippen molar-refractivity contribution >= 4 is 35.0 Å². The fourth-order valence-electron chi connectivity index (χ4n) is 2.12. The number of nitrogens with one attached hydrogen (secondary N) is 1. The van der Waals surface area contributed by atoms with E-state index < -0.39 is 0 Å². The van der Waals surface area contributed by atoms with E-state index in [1.807, 2.05) is 11.4 Å². The summed E-state index contributed by atoms with van der Waals surface area (Å²) in [6.07, 6.45) is 3.50. The topological polar surface area (TPSA) is 55.4 Å². The maximum absolute atomic E-state index is 11.7. The van der Waals surface area contributed by atoms with Crippen molar-refractivity contribution in [2.75, 3.05) is 25.2 Å². The summed E-state index contributed by atoms with van der Waals surface area (Å²) >= 11 is 3.33. The van der Waals surface area contributed by atoms with Crippen molar-refractivity contribution in [3.63, 3.8) is 0 Å². The molecule has 0 aliphatic heterocycles. The molecule has 21 heavy (non-hydrogen) atoms. The van der Waals surface area contributed by atoms with Crippen LogP contribution in [0, 0.1) is 5.41 Å². The smallest absolute Gasteiger partial charge is 0.306 e. The minimum Gasteiger partial charge on any atom is -0.469 e. The van der Waals surface area contributed by atoms with Gasteiger partial charge in [0.05, 0.1) is 19.3 Å². The zero-order valence-electron chi connectivity index (χ0n) is 12.2. The molecule has 0 spiro atoms. The fraction of sp³-hybridized carbons (Fsp3) is 0.600. The molecule has 0 atom stereocenters. The Kier molecular flexibility index (Phi) is 6.11. The van der Waals surface area contributed by atoms with Crippen LogP contribution in [0.5, 0.6) is 0 Å². The van der Waals surface area contributed by atoms with Crippen LogP contribution in [0.15, 0.2) is 17.5 Å². The highest BCUT2D eigenvalue weighted by Crippen LogP contribution is 2.51. The van der Waals surface area contributed by atoms with E-state index in [0.29, 0.717) is 18.7 Å². The van der Waals surface area contributed by atoms with Gasteiger partial charge in [0.25, 0.3) is 0 Å². The van der Waals surface area contributed by atoms with Gasteiger partial charge in [0.1, 0.15) is 0 Å². The van der Waals surface area contributed by atoms with Crippen LogP contribution in [-0.4, -0.2) is 37.0 Å². The Hall–Kier alpha value is -1.01. The second-order valence-electron chi connectivity index (χ2n) is 5.43. The minimum absolute atomic E-state index is 0.0745. The normalized spacial score (nSPS) is 15.5. The van der Waals surface area contributed by atoms with Crippen LogP contribution in [0.4, 0.5) is 0 Å². The summed E-state index contributed by atoms with van der Waals surface area (Å²) in [6.45, 7) is 0.688. The summed E-state index contributed by atoms with van der Waals surface area (Å²) in [5.41, 5.74) is 0.0923. The van der Waals surface area contributed by atoms with Gasteiger partial charge in [0.2, 0.25) is 5.91 Å². The number of carbonyl (C=O) groups is 2. The Balaban J connectivity index is 1.56. The third-order valence-electron chi connectivity index (χ3n) is 3.62. The number of hydrogen-bond acceptors (Lipinski definition) is 5. The molecule has 1 aliphatic carbocycles. The number of amides is 1. The van der Waals surface area contributed by atoms with Gasteiger partial charge in [-0.25, -0.2) is 0 Å². The zero-order chi connectivity index (χ0) is 15.1. The highest BCUT2D eigenvalue weighted by atomic mass is 32.2. The lowest BCUT2D eigenvalue weighted by molar-refractivity contribution is -0.141. The predicted octanol–water partition coefficient (Wildman–Crippen LogP) is 2.48. The van der Waals surface area contributed by atoms with Crippen LogP contribution in [0.2, 0.25) is 0 Å². The van der Waals surface area contributed by atoms with Gasteiger partial charge >= 0.3 is 5.97 Å². The molecule has 1 aromatic heterocycles. The monoisotopic (exact) mass is 327 g/mol. The highest BCUT2D eigenvalue weighted by molar-refractivity contribution is 7.99. The molecule has 2 rings (SSSR count). The Morgan fingerprint density at radius 2 is 2.29 bits per heavy atom. The molecule has 0 aromatic carbocycles. The van der Waals surface area contributed by atoms with Crippen molar-refractivity contribution in [1.29, 1.82) is 0 Å². The summed E-state index contributed by atoms with van der Waals surface area (Å²) in [4.78, 5) is 24.3. The van der Waals surface area contributed by atoms with Crippen LogP contribution in [0.1, 0.15) is 24.1 Å². The van der Waals surface area contributed by atoms with Crippen LogP contribution >= 0.6 is 23.1 Å². The summed E-state index contributed by atoms with van der Waals surface area (Å²) in [7, 11) is 1.42. The van der Waals surface area contributed by atoms with E-state index in [1.54, 1.807) is 23.1 Å². The maximum atomic E-state index is 11.7. The first-order valence-electron chi connectivity index (χ1n) is 7.07. The van der Waals surface area contributed by atoms with E-state index in [4.69, 9.17) is 4.74 Å². The molecule has 1 amide bonds. The third-order valence-corrected chi connectivity index (χ3v) is 5.84. The molecule has 0 bridgehead atoms. The van der Waals surface area contributed by atoms with Crippen LogP contribution in [0.3, 0.4) is 0 Å². The van der Waals surface area contributed by atoms with E-state index in [9.17, 15) is 9.59 Å². The van der Waals surface area contributed by atoms with Gasteiger partial charge in [-0.15, -0.1) is 11.3 Å². The largest absolute Gasteiger partial charge is 0.469 e. The van der Waals surface area contributed by atoms with E-state index in [-0.39, 0.29) is 17.3 Å². The fourth-order valence-corrected chi connectivity index (χ4v) is 4.04. The van der Waals surface area contributed by atoms with Gasteiger partial charge in [-0.05, 0) is 41.9 Å². The molecule has 1 fully saturated rings. The number of hydrogen-bond donors (Lipinski definition) is 1. The van der Waals surface area contributed by atoms with Crippen LogP contribution in [0.25, 0.3) is 0 Å². The number of rotatable bonds is 9. The Labute approximate surface area is 133 Å². The minimum atomic E-state index is -0.145. The summed E-state index contributed by atoms with van der Waals surface area (Å²) in [5, 5.41) is 4.98. The molecule has 1 saturated carbocycles. The number of methoxy groups -OCH3 is 1. The first kappa shape index (κ1) is 16.4. The molecule has 0 unspecified atom stereocenters.